The Kier molecular flexibility index (Phi) is 4.64. The van der Waals surface area contributed by atoms with Crippen LogP contribution in [0.15, 0.2) is 18.5 Å². The molecule has 12 heavy (non-hydrogen) atoms. The molecule has 0 aromatic carbocycles. The molecular weight excluding hydrogens is 193 g/mol. The van der Waals surface area contributed by atoms with Crippen LogP contribution in [0.3, 0.4) is 0 Å². The zero-order valence-electron chi connectivity index (χ0n) is 5.30. The van der Waals surface area contributed by atoms with Crippen LogP contribution < -0.4 is 4.72 Å². The molecule has 0 aliphatic heterocycles. The summed E-state index contributed by atoms with van der Waals surface area (Å²) in [4.78, 5) is 7.01. The first kappa shape index (κ1) is 11.8. The predicted molar refractivity (Wildman–Crippen MR) is 44.4 cm³/mol. The fraction of sp³-hybridized carbons (Fsp3) is 0. The molecule has 62 valence electrons. The van der Waals surface area contributed by atoms with Crippen LogP contribution in [-0.4, -0.2) is 52.5 Å². The SMILES string of the molecule is O=S(=O)(O)Nc1ncccn1.[NaH]. The van der Waals surface area contributed by atoms with E-state index in [1.807, 2.05) is 0 Å². The Labute approximate surface area is 91.6 Å². The first-order valence-corrected chi connectivity index (χ1v) is 4.04. The topological polar surface area (TPSA) is 92.2 Å². The summed E-state index contributed by atoms with van der Waals surface area (Å²) < 4.78 is 30.3. The predicted octanol–water partition coefficient (Wildman–Crippen LogP) is -0.957. The summed E-state index contributed by atoms with van der Waals surface area (Å²) in [5.74, 6) is -0.157. The van der Waals surface area contributed by atoms with Crippen LogP contribution in [0, 0.1) is 0 Å². The van der Waals surface area contributed by atoms with Gasteiger partial charge in [0.15, 0.2) is 0 Å². The van der Waals surface area contributed by atoms with Gasteiger partial charge in [0.05, 0.1) is 0 Å². The third-order valence-electron chi connectivity index (χ3n) is 0.786. The van der Waals surface area contributed by atoms with Gasteiger partial charge in [-0.2, -0.15) is 8.42 Å². The summed E-state index contributed by atoms with van der Waals surface area (Å²) in [6, 6.07) is 1.52. The molecule has 1 aromatic rings. The summed E-state index contributed by atoms with van der Waals surface area (Å²) in [5.41, 5.74) is 0. The molecule has 0 aliphatic carbocycles. The average molecular weight is 199 g/mol. The molecule has 0 saturated heterocycles. The minimum absolute atomic E-state index is 0. The van der Waals surface area contributed by atoms with E-state index in [2.05, 4.69) is 9.97 Å². The van der Waals surface area contributed by atoms with Crippen molar-refractivity contribution in [1.29, 1.82) is 0 Å². The monoisotopic (exact) mass is 199 g/mol. The van der Waals surface area contributed by atoms with Gasteiger partial charge in [0, 0.05) is 12.4 Å². The van der Waals surface area contributed by atoms with Gasteiger partial charge in [-0.15, -0.1) is 0 Å². The van der Waals surface area contributed by atoms with Gasteiger partial charge in [-0.3, -0.25) is 4.55 Å². The van der Waals surface area contributed by atoms with Gasteiger partial charge < -0.3 is 0 Å². The number of hydrogen-bond donors (Lipinski definition) is 2. The van der Waals surface area contributed by atoms with E-state index in [1.165, 1.54) is 18.5 Å². The fourth-order valence-corrected chi connectivity index (χ4v) is 0.803. The second-order valence-electron chi connectivity index (χ2n) is 1.65. The van der Waals surface area contributed by atoms with E-state index in [1.54, 1.807) is 4.72 Å². The van der Waals surface area contributed by atoms with Crippen LogP contribution in [0.5, 0.6) is 0 Å². The van der Waals surface area contributed by atoms with E-state index in [0.717, 1.165) is 0 Å². The molecule has 0 saturated carbocycles. The second-order valence-corrected chi connectivity index (χ2v) is 2.80. The van der Waals surface area contributed by atoms with Crippen molar-refractivity contribution in [3.05, 3.63) is 18.5 Å². The molecule has 0 fully saturated rings. The molecule has 8 heteroatoms. The van der Waals surface area contributed by atoms with E-state index in [0.29, 0.717) is 0 Å². The minimum atomic E-state index is -4.25. The molecule has 0 unspecified atom stereocenters. The first-order valence-electron chi connectivity index (χ1n) is 2.60. The van der Waals surface area contributed by atoms with E-state index in [4.69, 9.17) is 4.55 Å². The van der Waals surface area contributed by atoms with Gasteiger partial charge in [0.1, 0.15) is 0 Å². The third kappa shape index (κ3) is 4.62. The quantitative estimate of drug-likeness (QED) is 0.473. The Morgan fingerprint density at radius 1 is 1.33 bits per heavy atom. The maximum absolute atomic E-state index is 10.2. The van der Waals surface area contributed by atoms with Crippen molar-refractivity contribution in [2.24, 2.45) is 0 Å². The molecule has 0 radical (unpaired) electrons. The summed E-state index contributed by atoms with van der Waals surface area (Å²) in [7, 11) is -4.25. The Balaban J connectivity index is 0.00000121. The van der Waals surface area contributed by atoms with E-state index in [9.17, 15) is 8.42 Å². The second kappa shape index (κ2) is 4.73. The average Bonchev–Trinajstić information content (AvgIpc) is 1.85. The molecule has 0 amide bonds. The van der Waals surface area contributed by atoms with Crippen LogP contribution in [0.25, 0.3) is 0 Å². The Hall–Kier alpha value is -0.210. The van der Waals surface area contributed by atoms with Gasteiger partial charge in [-0.1, -0.05) is 0 Å². The number of hydrogen-bond acceptors (Lipinski definition) is 4. The van der Waals surface area contributed by atoms with Crippen molar-refractivity contribution in [1.82, 2.24) is 9.97 Å². The van der Waals surface area contributed by atoms with E-state index in [-0.39, 0.29) is 35.5 Å². The number of aromatic nitrogens is 2. The maximum atomic E-state index is 10.2. The van der Waals surface area contributed by atoms with E-state index < -0.39 is 10.3 Å². The van der Waals surface area contributed by atoms with Crippen LogP contribution in [-0.2, 0) is 10.3 Å². The molecule has 1 heterocycles. The van der Waals surface area contributed by atoms with Crippen LogP contribution in [0.4, 0.5) is 5.95 Å². The van der Waals surface area contributed by atoms with Crippen molar-refractivity contribution >= 4 is 45.8 Å². The normalized spacial score (nSPS) is 10.1. The summed E-state index contributed by atoms with van der Waals surface area (Å²) in [6.07, 6.45) is 2.70. The molecule has 1 rings (SSSR count). The number of anilines is 1. The first-order chi connectivity index (χ1) is 5.08. The molecule has 2 N–H and O–H groups in total. The number of rotatable bonds is 2. The molecule has 0 atom stereocenters. The van der Waals surface area contributed by atoms with Gasteiger partial charge in [-0.05, 0) is 6.07 Å². The molecule has 0 spiro atoms. The van der Waals surface area contributed by atoms with Gasteiger partial charge in [0.25, 0.3) is 0 Å². The molecule has 1 aromatic heterocycles. The zero-order chi connectivity index (χ0) is 8.32. The van der Waals surface area contributed by atoms with Crippen molar-refractivity contribution in [3.8, 4) is 0 Å². The molecule has 6 nitrogen and oxygen atoms in total. The van der Waals surface area contributed by atoms with Crippen LogP contribution >= 0.6 is 0 Å². The molecule has 0 bridgehead atoms. The summed E-state index contributed by atoms with van der Waals surface area (Å²) in [6.45, 7) is 0. The summed E-state index contributed by atoms with van der Waals surface area (Å²) >= 11 is 0. The van der Waals surface area contributed by atoms with Crippen LogP contribution in [0.2, 0.25) is 0 Å². The van der Waals surface area contributed by atoms with Crippen LogP contribution in [0.1, 0.15) is 0 Å². The molecular formula is C4H6N3NaO3S. The Morgan fingerprint density at radius 3 is 2.25 bits per heavy atom. The number of nitrogens with zero attached hydrogens (tertiary/aromatic N) is 2. The Bertz CT molecular complexity index is 327. The van der Waals surface area contributed by atoms with Crippen molar-refractivity contribution in [2.75, 3.05) is 4.72 Å². The van der Waals surface area contributed by atoms with E-state index >= 15 is 0 Å². The third-order valence-corrected chi connectivity index (χ3v) is 1.23. The fourth-order valence-electron chi connectivity index (χ4n) is 0.467. The summed E-state index contributed by atoms with van der Waals surface area (Å²) in [5, 5.41) is 0. The Morgan fingerprint density at radius 2 is 1.83 bits per heavy atom. The van der Waals surface area contributed by atoms with Crippen molar-refractivity contribution < 1.29 is 13.0 Å². The number of nitrogens with one attached hydrogen (secondary N) is 1. The van der Waals surface area contributed by atoms with Gasteiger partial charge in [-0.25, -0.2) is 14.7 Å². The standard InChI is InChI=1S/C4H5N3O3S.Na.H/c8-11(9,10)7-4-5-2-1-3-6-4;;/h1-3H,(H,5,6,7)(H,8,9,10);;. The van der Waals surface area contributed by atoms with Gasteiger partial charge in [0.2, 0.25) is 5.95 Å². The van der Waals surface area contributed by atoms with Crippen molar-refractivity contribution in [3.63, 3.8) is 0 Å². The van der Waals surface area contributed by atoms with Crippen molar-refractivity contribution in [2.45, 2.75) is 0 Å². The molecule has 0 aliphatic rings. The van der Waals surface area contributed by atoms with Gasteiger partial charge >= 0.3 is 39.9 Å². The zero-order valence-corrected chi connectivity index (χ0v) is 6.11.